The number of halogens is 1. The summed E-state index contributed by atoms with van der Waals surface area (Å²) in [4.78, 5) is 4.48. The molecule has 0 unspecified atom stereocenters. The van der Waals surface area contributed by atoms with Gasteiger partial charge in [-0.3, -0.25) is 0 Å². The van der Waals surface area contributed by atoms with Crippen LogP contribution in [0.15, 0.2) is 47.1 Å². The highest BCUT2D eigenvalue weighted by Gasteiger charge is 2.06. The summed E-state index contributed by atoms with van der Waals surface area (Å²) < 4.78 is 7.94. The summed E-state index contributed by atoms with van der Waals surface area (Å²) in [5, 5.41) is 4.42. The molecule has 0 saturated heterocycles. The summed E-state index contributed by atoms with van der Waals surface area (Å²) in [6.45, 7) is 0. The number of hydrogen-bond acceptors (Lipinski definition) is 3. The Labute approximate surface area is 112 Å². The maximum Gasteiger partial charge on any atom is 0.182 e. The number of benzene rings is 1. The second kappa shape index (κ2) is 4.42. The number of fused-ring (bicyclic) bond motifs is 1. The van der Waals surface area contributed by atoms with Crippen LogP contribution in [0.1, 0.15) is 0 Å². The Morgan fingerprint density at radius 3 is 2.67 bits per heavy atom. The van der Waals surface area contributed by atoms with Crippen molar-refractivity contribution < 1.29 is 4.74 Å². The van der Waals surface area contributed by atoms with Gasteiger partial charge in [-0.1, -0.05) is 28.1 Å². The molecule has 0 radical (unpaired) electrons. The van der Waals surface area contributed by atoms with Crippen molar-refractivity contribution in [3.63, 3.8) is 0 Å². The van der Waals surface area contributed by atoms with E-state index >= 15 is 0 Å². The van der Waals surface area contributed by atoms with Gasteiger partial charge in [0.25, 0.3) is 0 Å². The van der Waals surface area contributed by atoms with E-state index in [0.29, 0.717) is 5.82 Å². The summed E-state index contributed by atoms with van der Waals surface area (Å²) >= 11 is 3.41. The first-order valence-corrected chi connectivity index (χ1v) is 6.22. The van der Waals surface area contributed by atoms with Gasteiger partial charge in [-0.25, -0.2) is 9.50 Å². The predicted molar refractivity (Wildman–Crippen MR) is 72.7 cm³/mol. The fourth-order valence-corrected chi connectivity index (χ4v) is 1.98. The van der Waals surface area contributed by atoms with E-state index in [1.54, 1.807) is 11.6 Å². The predicted octanol–water partition coefficient (Wildman–Crippen LogP) is 3.17. The Bertz CT molecular complexity index is 691. The van der Waals surface area contributed by atoms with Gasteiger partial charge in [0.05, 0.1) is 7.11 Å². The third kappa shape index (κ3) is 1.97. The average molecular weight is 304 g/mol. The molecule has 0 spiro atoms. The lowest BCUT2D eigenvalue weighted by Crippen LogP contribution is -1.88. The van der Waals surface area contributed by atoms with E-state index in [1.807, 2.05) is 42.6 Å². The van der Waals surface area contributed by atoms with Crippen molar-refractivity contribution in [2.45, 2.75) is 0 Å². The third-order valence-electron chi connectivity index (χ3n) is 2.65. The molecular formula is C13H10BrN3O. The minimum Gasteiger partial charge on any atom is -0.497 e. The molecular weight excluding hydrogens is 294 g/mol. The number of aromatic nitrogens is 3. The summed E-state index contributed by atoms with van der Waals surface area (Å²) in [6.07, 6.45) is 1.84. The maximum absolute atomic E-state index is 5.17. The van der Waals surface area contributed by atoms with Crippen molar-refractivity contribution in [1.82, 2.24) is 14.6 Å². The normalized spacial score (nSPS) is 10.8. The molecule has 90 valence electrons. The molecule has 3 aromatic rings. The van der Waals surface area contributed by atoms with Crippen LogP contribution in [-0.2, 0) is 0 Å². The molecule has 0 atom stereocenters. The van der Waals surface area contributed by atoms with Crippen LogP contribution in [0.3, 0.4) is 0 Å². The topological polar surface area (TPSA) is 39.4 Å². The van der Waals surface area contributed by atoms with Crippen LogP contribution in [0, 0.1) is 0 Å². The van der Waals surface area contributed by atoms with Crippen molar-refractivity contribution >= 4 is 21.6 Å². The van der Waals surface area contributed by atoms with Gasteiger partial charge in [-0.05, 0) is 18.2 Å². The van der Waals surface area contributed by atoms with Gasteiger partial charge in [0, 0.05) is 22.3 Å². The quantitative estimate of drug-likeness (QED) is 0.730. The van der Waals surface area contributed by atoms with Crippen molar-refractivity contribution in [3.8, 4) is 17.1 Å². The van der Waals surface area contributed by atoms with E-state index in [4.69, 9.17) is 4.74 Å². The Kier molecular flexibility index (Phi) is 2.76. The van der Waals surface area contributed by atoms with Gasteiger partial charge in [-0.2, -0.15) is 0 Å². The Balaban J connectivity index is 2.10. The van der Waals surface area contributed by atoms with Crippen molar-refractivity contribution in [3.05, 3.63) is 47.1 Å². The summed E-state index contributed by atoms with van der Waals surface area (Å²) in [5.41, 5.74) is 1.76. The van der Waals surface area contributed by atoms with Gasteiger partial charge in [0.1, 0.15) is 5.75 Å². The molecule has 1 aromatic carbocycles. The zero-order chi connectivity index (χ0) is 12.5. The molecule has 3 rings (SSSR count). The number of rotatable bonds is 2. The van der Waals surface area contributed by atoms with Crippen LogP contribution in [0.2, 0.25) is 0 Å². The Morgan fingerprint density at radius 2 is 1.94 bits per heavy atom. The number of ether oxygens (including phenoxy) is 1. The molecule has 5 heteroatoms. The van der Waals surface area contributed by atoms with E-state index in [-0.39, 0.29) is 0 Å². The molecule has 4 nitrogen and oxygen atoms in total. The molecule has 0 fully saturated rings. The zero-order valence-corrected chi connectivity index (χ0v) is 11.3. The van der Waals surface area contributed by atoms with Crippen LogP contribution in [0.4, 0.5) is 0 Å². The first-order valence-electron chi connectivity index (χ1n) is 5.42. The smallest absolute Gasteiger partial charge is 0.182 e. The van der Waals surface area contributed by atoms with E-state index in [0.717, 1.165) is 21.4 Å². The highest BCUT2D eigenvalue weighted by Crippen LogP contribution is 2.20. The lowest BCUT2D eigenvalue weighted by Gasteiger charge is -1.97. The number of hydrogen-bond donors (Lipinski definition) is 0. The van der Waals surface area contributed by atoms with Crippen molar-refractivity contribution in [1.29, 1.82) is 0 Å². The van der Waals surface area contributed by atoms with E-state index in [1.165, 1.54) is 0 Å². The second-order valence-electron chi connectivity index (χ2n) is 3.81. The van der Waals surface area contributed by atoms with Gasteiger partial charge in [-0.15, -0.1) is 5.10 Å². The molecule has 0 aliphatic heterocycles. The average Bonchev–Trinajstić information content (AvgIpc) is 2.82. The molecule has 18 heavy (non-hydrogen) atoms. The van der Waals surface area contributed by atoms with Crippen molar-refractivity contribution in [2.24, 2.45) is 0 Å². The molecule has 2 aromatic heterocycles. The third-order valence-corrected chi connectivity index (χ3v) is 3.18. The molecule has 0 N–H and O–H groups in total. The van der Waals surface area contributed by atoms with Crippen LogP contribution in [0.25, 0.3) is 17.0 Å². The van der Waals surface area contributed by atoms with E-state index in [2.05, 4.69) is 26.0 Å². The molecule has 0 aliphatic rings. The first-order chi connectivity index (χ1) is 8.76. The Hall–Kier alpha value is -1.88. The number of nitrogens with zero attached hydrogens (tertiary/aromatic N) is 3. The van der Waals surface area contributed by atoms with Crippen LogP contribution >= 0.6 is 15.9 Å². The fourth-order valence-electron chi connectivity index (χ4n) is 1.71. The van der Waals surface area contributed by atoms with Crippen LogP contribution in [0.5, 0.6) is 5.75 Å². The van der Waals surface area contributed by atoms with Gasteiger partial charge in [0.15, 0.2) is 11.5 Å². The lowest BCUT2D eigenvalue weighted by atomic mass is 10.2. The molecule has 0 amide bonds. The SMILES string of the molecule is COc1ccn2nc(-c3ccc(Br)cc3)nc2c1. The molecule has 0 saturated carbocycles. The van der Waals surface area contributed by atoms with E-state index in [9.17, 15) is 0 Å². The summed E-state index contributed by atoms with van der Waals surface area (Å²) in [5.74, 6) is 1.48. The monoisotopic (exact) mass is 303 g/mol. The zero-order valence-electron chi connectivity index (χ0n) is 9.67. The second-order valence-corrected chi connectivity index (χ2v) is 4.73. The van der Waals surface area contributed by atoms with Crippen LogP contribution < -0.4 is 4.74 Å². The Morgan fingerprint density at radius 1 is 1.17 bits per heavy atom. The van der Waals surface area contributed by atoms with Gasteiger partial charge < -0.3 is 4.74 Å². The fraction of sp³-hybridized carbons (Fsp3) is 0.0769. The van der Waals surface area contributed by atoms with Crippen LogP contribution in [-0.4, -0.2) is 21.7 Å². The molecule has 2 heterocycles. The minimum atomic E-state index is 0.704. The minimum absolute atomic E-state index is 0.704. The van der Waals surface area contributed by atoms with Gasteiger partial charge >= 0.3 is 0 Å². The lowest BCUT2D eigenvalue weighted by molar-refractivity contribution is 0.414. The van der Waals surface area contributed by atoms with Crippen molar-refractivity contribution in [2.75, 3.05) is 7.11 Å². The van der Waals surface area contributed by atoms with E-state index < -0.39 is 0 Å². The number of pyridine rings is 1. The standard InChI is InChI=1S/C13H10BrN3O/c1-18-11-6-7-17-12(8-11)15-13(16-17)9-2-4-10(14)5-3-9/h2-8H,1H3. The number of methoxy groups -OCH3 is 1. The molecule has 0 aliphatic carbocycles. The highest BCUT2D eigenvalue weighted by molar-refractivity contribution is 9.10. The summed E-state index contributed by atoms with van der Waals surface area (Å²) in [7, 11) is 1.64. The highest BCUT2D eigenvalue weighted by atomic mass is 79.9. The largest absolute Gasteiger partial charge is 0.497 e. The molecule has 0 bridgehead atoms. The van der Waals surface area contributed by atoms with Gasteiger partial charge in [0.2, 0.25) is 0 Å². The first kappa shape index (κ1) is 11.2. The maximum atomic E-state index is 5.17. The summed E-state index contributed by atoms with van der Waals surface area (Å²) in [6, 6.07) is 11.6.